The quantitative estimate of drug-likeness (QED) is 0.613. The molecule has 2 aromatic carbocycles. The first-order valence-corrected chi connectivity index (χ1v) is 10.9. The minimum atomic E-state index is -0.195. The highest BCUT2D eigenvalue weighted by molar-refractivity contribution is 7.80. The number of rotatable bonds is 5. The maximum Gasteiger partial charge on any atom is 0.252 e. The van der Waals surface area contributed by atoms with Gasteiger partial charge in [-0.05, 0) is 35.8 Å². The molecule has 3 heterocycles. The fourth-order valence-corrected chi connectivity index (χ4v) is 5.26. The van der Waals surface area contributed by atoms with Crippen LogP contribution in [0.25, 0.3) is 10.9 Å². The number of benzene rings is 2. The van der Waals surface area contributed by atoms with Crippen molar-refractivity contribution in [3.8, 4) is 0 Å². The average molecular weight is 404 g/mol. The van der Waals surface area contributed by atoms with Crippen molar-refractivity contribution >= 4 is 34.1 Å². The number of nitrogens with zero attached hydrogens (tertiary/aromatic N) is 2. The Labute approximate surface area is 176 Å². The minimum absolute atomic E-state index is 0.133. The predicted octanol–water partition coefficient (Wildman–Crippen LogP) is 4.95. The summed E-state index contributed by atoms with van der Waals surface area (Å²) in [5.41, 5.74) is 4.80. The Morgan fingerprint density at radius 3 is 2.66 bits per heavy atom. The molecule has 4 nitrogen and oxygen atoms in total. The van der Waals surface area contributed by atoms with Gasteiger partial charge in [0.1, 0.15) is 6.04 Å². The van der Waals surface area contributed by atoms with Crippen LogP contribution in [0.3, 0.4) is 0 Å². The summed E-state index contributed by atoms with van der Waals surface area (Å²) in [6.07, 6.45) is 3.95. The molecule has 0 radical (unpaired) electrons. The first-order chi connectivity index (χ1) is 14.2. The molecule has 2 aliphatic rings. The lowest BCUT2D eigenvalue weighted by Gasteiger charge is -2.37. The Bertz CT molecular complexity index is 1070. The Morgan fingerprint density at radius 1 is 1.10 bits per heavy atom. The van der Waals surface area contributed by atoms with Gasteiger partial charge in [-0.2, -0.15) is 0 Å². The number of thiocarbonyl (C=S) groups is 1. The zero-order chi connectivity index (χ0) is 20.0. The molecule has 5 rings (SSSR count). The summed E-state index contributed by atoms with van der Waals surface area (Å²) in [5.74, 6) is 0.135. The van der Waals surface area contributed by atoms with E-state index >= 15 is 0 Å². The van der Waals surface area contributed by atoms with E-state index < -0.39 is 0 Å². The first-order valence-electron chi connectivity index (χ1n) is 10.5. The molecular weight excluding hydrogens is 378 g/mol. The molecule has 2 aliphatic heterocycles. The number of para-hydroxylation sites is 1. The molecule has 0 unspecified atom stereocenters. The van der Waals surface area contributed by atoms with E-state index in [0.29, 0.717) is 18.1 Å². The molecule has 5 heteroatoms. The van der Waals surface area contributed by atoms with Gasteiger partial charge in [0.2, 0.25) is 0 Å². The van der Waals surface area contributed by atoms with Gasteiger partial charge in [0, 0.05) is 23.0 Å². The van der Waals surface area contributed by atoms with E-state index in [1.54, 1.807) is 0 Å². The molecule has 2 atom stereocenters. The summed E-state index contributed by atoms with van der Waals surface area (Å²) in [5, 5.41) is 1.91. The van der Waals surface area contributed by atoms with E-state index in [0.717, 1.165) is 30.3 Å². The summed E-state index contributed by atoms with van der Waals surface area (Å²) in [7, 11) is 0. The van der Waals surface area contributed by atoms with Crippen LogP contribution in [0.1, 0.15) is 49.0 Å². The average Bonchev–Trinajstić information content (AvgIpc) is 3.23. The second-order valence-electron chi connectivity index (χ2n) is 8.04. The lowest BCUT2D eigenvalue weighted by molar-refractivity contribution is -0.129. The van der Waals surface area contributed by atoms with E-state index in [1.807, 2.05) is 23.1 Å². The van der Waals surface area contributed by atoms with Gasteiger partial charge < -0.3 is 9.88 Å². The highest BCUT2D eigenvalue weighted by Crippen LogP contribution is 2.43. The minimum Gasteiger partial charge on any atom is -0.356 e. The number of aromatic nitrogens is 1. The monoisotopic (exact) mass is 403 g/mol. The predicted molar refractivity (Wildman–Crippen MR) is 119 cm³/mol. The van der Waals surface area contributed by atoms with Crippen molar-refractivity contribution in [1.29, 1.82) is 0 Å². The largest absolute Gasteiger partial charge is 0.356 e. The lowest BCUT2D eigenvalue weighted by Crippen LogP contribution is -2.43. The zero-order valence-electron chi connectivity index (χ0n) is 16.6. The number of H-pyrrole nitrogens is 1. The molecule has 0 bridgehead atoms. The van der Waals surface area contributed by atoms with Crippen molar-refractivity contribution < 1.29 is 4.79 Å². The van der Waals surface area contributed by atoms with Gasteiger partial charge in [0.25, 0.3) is 5.91 Å². The molecule has 29 heavy (non-hydrogen) atoms. The van der Waals surface area contributed by atoms with Crippen LogP contribution >= 0.6 is 12.2 Å². The maximum atomic E-state index is 13.4. The second kappa shape index (κ2) is 7.30. The van der Waals surface area contributed by atoms with Crippen LogP contribution in [-0.2, 0) is 17.8 Å². The van der Waals surface area contributed by atoms with Crippen LogP contribution in [0.15, 0.2) is 54.6 Å². The fraction of sp³-hybridized carbons (Fsp3) is 0.333. The van der Waals surface area contributed by atoms with Crippen LogP contribution in [-0.4, -0.2) is 31.8 Å². The van der Waals surface area contributed by atoms with Crippen LogP contribution in [0, 0.1) is 0 Å². The smallest absolute Gasteiger partial charge is 0.252 e. The standard InChI is InChI=1S/C24H25N3OS/c1-2-3-13-20-22-18(17-11-7-8-12-19(17)25-22)14-21-23(28)26(24(29)27(20)21)15-16-9-5-4-6-10-16/h4-12,20-21,25H,2-3,13-15H2,1H3/t20-,21+/m0/s1. The molecule has 148 valence electrons. The van der Waals surface area contributed by atoms with E-state index in [9.17, 15) is 4.79 Å². The van der Waals surface area contributed by atoms with Gasteiger partial charge in [-0.25, -0.2) is 0 Å². The Hall–Kier alpha value is -2.66. The zero-order valence-corrected chi connectivity index (χ0v) is 17.4. The van der Waals surface area contributed by atoms with Gasteiger partial charge in [-0.3, -0.25) is 9.69 Å². The van der Waals surface area contributed by atoms with Crippen molar-refractivity contribution in [3.63, 3.8) is 0 Å². The summed E-state index contributed by atoms with van der Waals surface area (Å²) in [4.78, 5) is 21.1. The van der Waals surface area contributed by atoms with Crippen LogP contribution in [0.5, 0.6) is 0 Å². The van der Waals surface area contributed by atoms with Crippen molar-refractivity contribution in [3.05, 3.63) is 71.4 Å². The molecule has 1 amide bonds. The molecule has 1 saturated heterocycles. The van der Waals surface area contributed by atoms with E-state index in [2.05, 4.69) is 53.2 Å². The highest BCUT2D eigenvalue weighted by Gasteiger charge is 2.49. The van der Waals surface area contributed by atoms with Crippen LogP contribution in [0.2, 0.25) is 0 Å². The number of carbonyl (C=O) groups is 1. The maximum absolute atomic E-state index is 13.4. The molecule has 0 saturated carbocycles. The van der Waals surface area contributed by atoms with E-state index in [1.165, 1.54) is 16.6 Å². The third-order valence-corrected chi connectivity index (χ3v) is 6.70. The van der Waals surface area contributed by atoms with E-state index in [4.69, 9.17) is 12.2 Å². The molecular formula is C24H25N3OS. The third-order valence-electron chi connectivity index (χ3n) is 6.27. The SMILES string of the molecule is CCCC[C@H]1c2[nH]c3ccccc3c2C[C@@H]2C(=O)N(Cc3ccccc3)C(=S)N21. The number of nitrogens with one attached hydrogen (secondary N) is 1. The molecule has 1 N–H and O–H groups in total. The number of carbonyl (C=O) groups excluding carboxylic acids is 1. The number of hydrogen-bond donors (Lipinski definition) is 1. The van der Waals surface area contributed by atoms with Crippen molar-refractivity contribution in [1.82, 2.24) is 14.8 Å². The number of hydrogen-bond acceptors (Lipinski definition) is 2. The van der Waals surface area contributed by atoms with Gasteiger partial charge >= 0.3 is 0 Å². The topological polar surface area (TPSA) is 39.3 Å². The summed E-state index contributed by atoms with van der Waals surface area (Å²) in [6.45, 7) is 2.75. The molecule has 1 aromatic heterocycles. The van der Waals surface area contributed by atoms with Gasteiger partial charge in [0.15, 0.2) is 5.11 Å². The molecule has 0 spiro atoms. The van der Waals surface area contributed by atoms with Crippen LogP contribution < -0.4 is 0 Å². The fourth-order valence-electron chi connectivity index (χ4n) is 4.85. The number of unbranched alkanes of at least 4 members (excludes halogenated alkanes) is 1. The number of amides is 1. The highest BCUT2D eigenvalue weighted by atomic mass is 32.1. The van der Waals surface area contributed by atoms with E-state index in [-0.39, 0.29) is 18.0 Å². The number of fused-ring (bicyclic) bond motifs is 4. The van der Waals surface area contributed by atoms with Crippen molar-refractivity contribution in [2.24, 2.45) is 0 Å². The molecule has 0 aliphatic carbocycles. The Balaban J connectivity index is 1.55. The van der Waals surface area contributed by atoms with Crippen molar-refractivity contribution in [2.45, 2.75) is 51.2 Å². The third kappa shape index (κ3) is 2.96. The Morgan fingerprint density at radius 2 is 1.86 bits per heavy atom. The Kier molecular flexibility index (Phi) is 4.63. The van der Waals surface area contributed by atoms with Crippen molar-refractivity contribution in [2.75, 3.05) is 0 Å². The summed E-state index contributed by atoms with van der Waals surface area (Å²) >= 11 is 5.87. The summed E-state index contributed by atoms with van der Waals surface area (Å²) in [6, 6.07) is 18.5. The summed E-state index contributed by atoms with van der Waals surface area (Å²) < 4.78 is 0. The van der Waals surface area contributed by atoms with Gasteiger partial charge in [-0.15, -0.1) is 0 Å². The molecule has 3 aromatic rings. The molecule has 1 fully saturated rings. The lowest BCUT2D eigenvalue weighted by atomic mass is 9.90. The van der Waals surface area contributed by atoms with Crippen LogP contribution in [0.4, 0.5) is 0 Å². The van der Waals surface area contributed by atoms with Gasteiger partial charge in [-0.1, -0.05) is 68.3 Å². The second-order valence-corrected chi connectivity index (χ2v) is 8.41. The van der Waals surface area contributed by atoms with Gasteiger partial charge in [0.05, 0.1) is 12.6 Å². The normalized spacial score (nSPS) is 21.0. The number of aromatic amines is 1. The first kappa shape index (κ1) is 18.4.